The zero-order chi connectivity index (χ0) is 15.8. The highest BCUT2D eigenvalue weighted by atomic mass is 32.1. The molecule has 120 valence electrons. The van der Waals surface area contributed by atoms with Gasteiger partial charge >= 0.3 is 0 Å². The van der Waals surface area contributed by atoms with Crippen molar-refractivity contribution in [3.63, 3.8) is 0 Å². The van der Waals surface area contributed by atoms with Crippen molar-refractivity contribution >= 4 is 23.5 Å². The number of benzene rings is 1. The summed E-state index contributed by atoms with van der Waals surface area (Å²) >= 11 is 5.24. The lowest BCUT2D eigenvalue weighted by atomic mass is 9.96. The SMILES string of the molecule is CCOc1cc(C=NNC(=S)NC2CCCCC2)ccc1O. The highest BCUT2D eigenvalue weighted by Gasteiger charge is 2.13. The van der Waals surface area contributed by atoms with Gasteiger partial charge in [-0.1, -0.05) is 19.3 Å². The van der Waals surface area contributed by atoms with Crippen LogP contribution in [0.5, 0.6) is 11.5 Å². The van der Waals surface area contributed by atoms with E-state index in [1.165, 1.54) is 32.1 Å². The molecule has 0 aromatic heterocycles. The standard InChI is InChI=1S/C16H23N3O2S/c1-2-21-15-10-12(8-9-14(15)20)11-17-19-16(22)18-13-6-4-3-5-7-13/h8-11,13,20H,2-7H2,1H3,(H2,18,19,22). The van der Waals surface area contributed by atoms with E-state index in [1.54, 1.807) is 24.4 Å². The smallest absolute Gasteiger partial charge is 0.187 e. The van der Waals surface area contributed by atoms with Crippen molar-refractivity contribution in [1.29, 1.82) is 0 Å². The zero-order valence-electron chi connectivity index (χ0n) is 12.8. The van der Waals surface area contributed by atoms with Gasteiger partial charge < -0.3 is 15.2 Å². The average Bonchev–Trinajstić information content (AvgIpc) is 2.51. The summed E-state index contributed by atoms with van der Waals surface area (Å²) in [5.74, 6) is 0.579. The number of nitrogens with one attached hydrogen (secondary N) is 2. The highest BCUT2D eigenvalue weighted by molar-refractivity contribution is 7.80. The Kier molecular flexibility index (Phi) is 6.45. The van der Waals surface area contributed by atoms with Crippen molar-refractivity contribution in [3.05, 3.63) is 23.8 Å². The summed E-state index contributed by atoms with van der Waals surface area (Å²) in [6, 6.07) is 5.55. The van der Waals surface area contributed by atoms with Crippen LogP contribution in [0.4, 0.5) is 0 Å². The Morgan fingerprint density at radius 2 is 2.18 bits per heavy atom. The summed E-state index contributed by atoms with van der Waals surface area (Å²) < 4.78 is 5.34. The lowest BCUT2D eigenvalue weighted by Crippen LogP contribution is -2.40. The molecular weight excluding hydrogens is 298 g/mol. The molecule has 1 aromatic rings. The molecule has 1 saturated carbocycles. The first kappa shape index (κ1) is 16.5. The summed E-state index contributed by atoms with van der Waals surface area (Å²) in [6.07, 6.45) is 7.83. The fourth-order valence-electron chi connectivity index (χ4n) is 2.51. The minimum atomic E-state index is 0.126. The molecule has 0 unspecified atom stereocenters. The Morgan fingerprint density at radius 1 is 1.41 bits per heavy atom. The van der Waals surface area contributed by atoms with Gasteiger partial charge in [-0.2, -0.15) is 5.10 Å². The lowest BCUT2D eigenvalue weighted by Gasteiger charge is -2.23. The number of hydrogen-bond donors (Lipinski definition) is 3. The molecule has 0 amide bonds. The Morgan fingerprint density at radius 3 is 2.91 bits per heavy atom. The minimum Gasteiger partial charge on any atom is -0.504 e. The van der Waals surface area contributed by atoms with Gasteiger partial charge in [0.25, 0.3) is 0 Å². The van der Waals surface area contributed by atoms with Gasteiger partial charge in [0.1, 0.15) is 0 Å². The number of rotatable bonds is 5. The molecule has 1 aliphatic rings. The highest BCUT2D eigenvalue weighted by Crippen LogP contribution is 2.26. The number of thiocarbonyl (C=S) groups is 1. The number of aromatic hydroxyl groups is 1. The summed E-state index contributed by atoms with van der Waals surface area (Å²) in [7, 11) is 0. The molecule has 0 radical (unpaired) electrons. The van der Waals surface area contributed by atoms with E-state index in [9.17, 15) is 5.11 Å². The molecule has 5 nitrogen and oxygen atoms in total. The summed E-state index contributed by atoms with van der Waals surface area (Å²) in [6.45, 7) is 2.37. The van der Waals surface area contributed by atoms with E-state index < -0.39 is 0 Å². The largest absolute Gasteiger partial charge is 0.504 e. The molecule has 0 spiro atoms. The molecule has 0 atom stereocenters. The molecule has 0 heterocycles. The van der Waals surface area contributed by atoms with E-state index >= 15 is 0 Å². The zero-order valence-corrected chi connectivity index (χ0v) is 13.7. The predicted molar refractivity (Wildman–Crippen MR) is 92.6 cm³/mol. The predicted octanol–water partition coefficient (Wildman–Crippen LogP) is 2.92. The number of phenolic OH excluding ortho intramolecular Hbond substituents is 1. The molecule has 2 rings (SSSR count). The molecule has 6 heteroatoms. The van der Waals surface area contributed by atoms with Crippen LogP contribution in [0, 0.1) is 0 Å². The molecule has 22 heavy (non-hydrogen) atoms. The Balaban J connectivity index is 1.83. The number of nitrogens with zero attached hydrogens (tertiary/aromatic N) is 1. The monoisotopic (exact) mass is 321 g/mol. The van der Waals surface area contributed by atoms with Crippen molar-refractivity contribution in [2.75, 3.05) is 6.61 Å². The van der Waals surface area contributed by atoms with Crippen LogP contribution in [0.3, 0.4) is 0 Å². The maximum absolute atomic E-state index is 9.65. The number of phenols is 1. The summed E-state index contributed by atoms with van der Waals surface area (Å²) in [5.41, 5.74) is 3.66. The quantitative estimate of drug-likeness (QED) is 0.442. The fourth-order valence-corrected chi connectivity index (χ4v) is 2.73. The first-order valence-electron chi connectivity index (χ1n) is 7.74. The molecule has 1 aromatic carbocycles. The van der Waals surface area contributed by atoms with E-state index in [2.05, 4.69) is 15.8 Å². The third-order valence-electron chi connectivity index (χ3n) is 3.60. The Hall–Kier alpha value is -1.82. The lowest BCUT2D eigenvalue weighted by molar-refractivity contribution is 0.318. The van der Waals surface area contributed by atoms with E-state index in [4.69, 9.17) is 17.0 Å². The maximum atomic E-state index is 9.65. The van der Waals surface area contributed by atoms with Crippen LogP contribution in [0.2, 0.25) is 0 Å². The van der Waals surface area contributed by atoms with Crippen molar-refractivity contribution in [2.45, 2.75) is 45.1 Å². The Bertz CT molecular complexity index is 528. The second-order valence-corrected chi connectivity index (χ2v) is 5.75. The first-order chi connectivity index (χ1) is 10.7. The van der Waals surface area contributed by atoms with Gasteiger partial charge in [-0.25, -0.2) is 0 Å². The van der Waals surface area contributed by atoms with Crippen LogP contribution in [-0.2, 0) is 0 Å². The van der Waals surface area contributed by atoms with Gasteiger partial charge in [0.05, 0.1) is 12.8 Å². The first-order valence-corrected chi connectivity index (χ1v) is 8.15. The third-order valence-corrected chi connectivity index (χ3v) is 3.81. The Labute approximate surface area is 136 Å². The van der Waals surface area contributed by atoms with Crippen LogP contribution in [0.1, 0.15) is 44.6 Å². The molecule has 3 N–H and O–H groups in total. The second-order valence-electron chi connectivity index (χ2n) is 5.34. The van der Waals surface area contributed by atoms with Crippen LogP contribution < -0.4 is 15.5 Å². The maximum Gasteiger partial charge on any atom is 0.187 e. The minimum absolute atomic E-state index is 0.126. The van der Waals surface area contributed by atoms with Gasteiger partial charge in [-0.3, -0.25) is 5.43 Å². The van der Waals surface area contributed by atoms with Crippen molar-refractivity contribution in [3.8, 4) is 11.5 Å². The van der Waals surface area contributed by atoms with Gasteiger partial charge in [-0.15, -0.1) is 0 Å². The molecule has 0 bridgehead atoms. The van der Waals surface area contributed by atoms with E-state index in [-0.39, 0.29) is 5.75 Å². The number of ether oxygens (including phenoxy) is 1. The van der Waals surface area contributed by atoms with Gasteiger partial charge in [0, 0.05) is 6.04 Å². The summed E-state index contributed by atoms with van der Waals surface area (Å²) in [5, 5.41) is 17.6. The van der Waals surface area contributed by atoms with E-state index in [0.29, 0.717) is 23.5 Å². The van der Waals surface area contributed by atoms with E-state index in [0.717, 1.165) is 5.56 Å². The molecular formula is C16H23N3O2S. The topological polar surface area (TPSA) is 65.9 Å². The molecule has 0 aliphatic heterocycles. The van der Waals surface area contributed by atoms with Crippen LogP contribution >= 0.6 is 12.2 Å². The summed E-state index contributed by atoms with van der Waals surface area (Å²) in [4.78, 5) is 0. The molecule has 0 saturated heterocycles. The average molecular weight is 321 g/mol. The number of hydrogen-bond acceptors (Lipinski definition) is 4. The van der Waals surface area contributed by atoms with E-state index in [1.807, 2.05) is 6.92 Å². The van der Waals surface area contributed by atoms with Crippen molar-refractivity contribution in [1.82, 2.24) is 10.7 Å². The second kappa shape index (κ2) is 8.58. The molecule has 1 fully saturated rings. The van der Waals surface area contributed by atoms with Crippen molar-refractivity contribution < 1.29 is 9.84 Å². The van der Waals surface area contributed by atoms with Crippen LogP contribution in [0.25, 0.3) is 0 Å². The van der Waals surface area contributed by atoms with Crippen LogP contribution in [-0.4, -0.2) is 29.1 Å². The third kappa shape index (κ3) is 5.18. The van der Waals surface area contributed by atoms with Gasteiger partial charge in [0.15, 0.2) is 16.6 Å². The molecule has 1 aliphatic carbocycles. The normalized spacial score (nSPS) is 15.7. The fraction of sp³-hybridized carbons (Fsp3) is 0.500. The van der Waals surface area contributed by atoms with Crippen molar-refractivity contribution in [2.24, 2.45) is 5.10 Å². The van der Waals surface area contributed by atoms with Gasteiger partial charge in [-0.05, 0) is 55.7 Å². The van der Waals surface area contributed by atoms with Crippen LogP contribution in [0.15, 0.2) is 23.3 Å². The number of hydrazone groups is 1. The van der Waals surface area contributed by atoms with Gasteiger partial charge in [0.2, 0.25) is 0 Å².